The minimum Gasteiger partial charge on any atom is -0.508 e. The monoisotopic (exact) mass is 191 g/mol. The quantitative estimate of drug-likeness (QED) is 0.771. The molecule has 0 saturated heterocycles. The van der Waals surface area contributed by atoms with Crippen molar-refractivity contribution in [2.45, 2.75) is 32.2 Å². The van der Waals surface area contributed by atoms with E-state index >= 15 is 0 Å². The second kappa shape index (κ2) is 3.62. The van der Waals surface area contributed by atoms with Crippen molar-refractivity contribution in [3.05, 3.63) is 29.3 Å². The SMILES string of the molecule is Cc1cc([C@H](N)CC2CC2)ccc1O. The van der Waals surface area contributed by atoms with Crippen LogP contribution in [-0.2, 0) is 0 Å². The zero-order chi connectivity index (χ0) is 10.1. The Bertz CT molecular complexity index is 331. The molecule has 1 aliphatic rings. The molecular formula is C12H17NO. The van der Waals surface area contributed by atoms with Gasteiger partial charge in [-0.25, -0.2) is 0 Å². The number of nitrogens with two attached hydrogens (primary N) is 1. The molecule has 1 aliphatic carbocycles. The Kier molecular flexibility index (Phi) is 2.46. The van der Waals surface area contributed by atoms with E-state index in [1.165, 1.54) is 12.8 Å². The van der Waals surface area contributed by atoms with E-state index in [1.54, 1.807) is 6.07 Å². The van der Waals surface area contributed by atoms with Crippen LogP contribution in [0.1, 0.15) is 36.4 Å². The fourth-order valence-electron chi connectivity index (χ4n) is 1.76. The molecule has 2 heteroatoms. The van der Waals surface area contributed by atoms with E-state index < -0.39 is 0 Å². The number of aromatic hydroxyl groups is 1. The van der Waals surface area contributed by atoms with E-state index in [1.807, 2.05) is 19.1 Å². The number of phenols is 1. The van der Waals surface area contributed by atoms with E-state index in [4.69, 9.17) is 5.73 Å². The van der Waals surface area contributed by atoms with Gasteiger partial charge in [0.2, 0.25) is 0 Å². The normalized spacial score (nSPS) is 18.1. The van der Waals surface area contributed by atoms with Gasteiger partial charge in [0.1, 0.15) is 5.75 Å². The maximum absolute atomic E-state index is 9.38. The van der Waals surface area contributed by atoms with Crippen LogP contribution in [0, 0.1) is 12.8 Å². The molecule has 1 aromatic carbocycles. The third kappa shape index (κ3) is 2.07. The van der Waals surface area contributed by atoms with Gasteiger partial charge in [-0.2, -0.15) is 0 Å². The number of rotatable bonds is 3. The molecule has 3 N–H and O–H groups in total. The Morgan fingerprint density at radius 2 is 2.21 bits per heavy atom. The first-order valence-electron chi connectivity index (χ1n) is 5.22. The van der Waals surface area contributed by atoms with Crippen LogP contribution in [0.4, 0.5) is 0 Å². The van der Waals surface area contributed by atoms with Crippen molar-refractivity contribution in [3.63, 3.8) is 0 Å². The van der Waals surface area contributed by atoms with Gasteiger partial charge in [-0.3, -0.25) is 0 Å². The van der Waals surface area contributed by atoms with Gasteiger partial charge in [-0.15, -0.1) is 0 Å². The zero-order valence-corrected chi connectivity index (χ0v) is 8.53. The summed E-state index contributed by atoms with van der Waals surface area (Å²) in [5.74, 6) is 1.20. The Morgan fingerprint density at radius 1 is 1.50 bits per heavy atom. The minimum atomic E-state index is 0.141. The first-order chi connectivity index (χ1) is 6.66. The van der Waals surface area contributed by atoms with E-state index in [9.17, 15) is 5.11 Å². The first-order valence-corrected chi connectivity index (χ1v) is 5.22. The number of hydrogen-bond acceptors (Lipinski definition) is 2. The highest BCUT2D eigenvalue weighted by molar-refractivity contribution is 5.36. The summed E-state index contributed by atoms with van der Waals surface area (Å²) in [6.07, 6.45) is 3.76. The first kappa shape index (κ1) is 9.53. The highest BCUT2D eigenvalue weighted by atomic mass is 16.3. The van der Waals surface area contributed by atoms with Crippen molar-refractivity contribution >= 4 is 0 Å². The summed E-state index contributed by atoms with van der Waals surface area (Å²) in [5.41, 5.74) is 8.13. The van der Waals surface area contributed by atoms with E-state index in [-0.39, 0.29) is 6.04 Å². The Hall–Kier alpha value is -1.02. The molecule has 0 aliphatic heterocycles. The molecule has 76 valence electrons. The number of benzene rings is 1. The lowest BCUT2D eigenvalue weighted by Gasteiger charge is -2.12. The maximum Gasteiger partial charge on any atom is 0.118 e. The third-order valence-electron chi connectivity index (χ3n) is 2.93. The minimum absolute atomic E-state index is 0.141. The Balaban J connectivity index is 2.10. The van der Waals surface area contributed by atoms with Crippen molar-refractivity contribution in [1.29, 1.82) is 0 Å². The molecule has 0 amide bonds. The molecular weight excluding hydrogens is 174 g/mol. The highest BCUT2D eigenvalue weighted by Crippen LogP contribution is 2.37. The van der Waals surface area contributed by atoms with Gasteiger partial charge in [0.05, 0.1) is 0 Å². The molecule has 1 fully saturated rings. The molecule has 1 atom stereocenters. The van der Waals surface area contributed by atoms with Gasteiger partial charge in [-0.05, 0) is 36.5 Å². The molecule has 2 nitrogen and oxygen atoms in total. The van der Waals surface area contributed by atoms with Crippen molar-refractivity contribution in [3.8, 4) is 5.75 Å². The number of aryl methyl sites for hydroxylation is 1. The molecule has 1 aromatic rings. The number of hydrogen-bond donors (Lipinski definition) is 2. The summed E-state index contributed by atoms with van der Waals surface area (Å²) in [4.78, 5) is 0. The van der Waals surface area contributed by atoms with Gasteiger partial charge in [-0.1, -0.05) is 25.0 Å². The van der Waals surface area contributed by atoms with Crippen LogP contribution in [0.5, 0.6) is 5.75 Å². The van der Waals surface area contributed by atoms with Crippen LogP contribution in [0.3, 0.4) is 0 Å². The second-order valence-corrected chi connectivity index (χ2v) is 4.33. The van der Waals surface area contributed by atoms with Crippen molar-refractivity contribution in [1.82, 2.24) is 0 Å². The molecule has 0 unspecified atom stereocenters. The van der Waals surface area contributed by atoms with Gasteiger partial charge < -0.3 is 10.8 Å². The molecule has 0 radical (unpaired) electrons. The molecule has 0 aromatic heterocycles. The predicted molar refractivity (Wildman–Crippen MR) is 57.1 cm³/mol. The maximum atomic E-state index is 9.38. The van der Waals surface area contributed by atoms with Crippen LogP contribution >= 0.6 is 0 Å². The van der Waals surface area contributed by atoms with Crippen LogP contribution in [0.15, 0.2) is 18.2 Å². The molecule has 2 rings (SSSR count). The summed E-state index contributed by atoms with van der Waals surface area (Å²) < 4.78 is 0. The van der Waals surface area contributed by atoms with E-state index in [0.29, 0.717) is 5.75 Å². The van der Waals surface area contributed by atoms with Gasteiger partial charge in [0.15, 0.2) is 0 Å². The van der Waals surface area contributed by atoms with Crippen LogP contribution < -0.4 is 5.73 Å². The Labute approximate surface area is 84.7 Å². The van der Waals surface area contributed by atoms with Crippen LogP contribution in [0.2, 0.25) is 0 Å². The lowest BCUT2D eigenvalue weighted by molar-refractivity contribution is 0.470. The average molecular weight is 191 g/mol. The lowest BCUT2D eigenvalue weighted by atomic mass is 10.00. The van der Waals surface area contributed by atoms with Crippen molar-refractivity contribution in [2.24, 2.45) is 11.7 Å². The van der Waals surface area contributed by atoms with Gasteiger partial charge >= 0.3 is 0 Å². The standard InChI is InChI=1S/C12H17NO/c1-8-6-10(4-5-12(8)14)11(13)7-9-2-3-9/h4-6,9,11,14H,2-3,7,13H2,1H3/t11-/m1/s1. The summed E-state index contributed by atoms with van der Waals surface area (Å²) in [7, 11) is 0. The fourth-order valence-corrected chi connectivity index (χ4v) is 1.76. The van der Waals surface area contributed by atoms with E-state index in [0.717, 1.165) is 23.5 Å². The fraction of sp³-hybridized carbons (Fsp3) is 0.500. The average Bonchev–Trinajstić information content (AvgIpc) is 2.93. The largest absolute Gasteiger partial charge is 0.508 e. The Morgan fingerprint density at radius 3 is 2.79 bits per heavy atom. The van der Waals surface area contributed by atoms with Crippen molar-refractivity contribution < 1.29 is 5.11 Å². The van der Waals surface area contributed by atoms with Gasteiger partial charge in [0, 0.05) is 6.04 Å². The summed E-state index contributed by atoms with van der Waals surface area (Å²) >= 11 is 0. The van der Waals surface area contributed by atoms with Gasteiger partial charge in [0.25, 0.3) is 0 Å². The molecule has 0 heterocycles. The zero-order valence-electron chi connectivity index (χ0n) is 8.53. The predicted octanol–water partition coefficient (Wildman–Crippen LogP) is 2.50. The summed E-state index contributed by atoms with van der Waals surface area (Å²) in [5, 5.41) is 9.38. The third-order valence-corrected chi connectivity index (χ3v) is 2.93. The van der Waals surface area contributed by atoms with Crippen LogP contribution in [0.25, 0.3) is 0 Å². The molecule has 0 spiro atoms. The second-order valence-electron chi connectivity index (χ2n) is 4.33. The highest BCUT2D eigenvalue weighted by Gasteiger charge is 2.24. The summed E-state index contributed by atoms with van der Waals surface area (Å²) in [6, 6.07) is 5.79. The van der Waals surface area contributed by atoms with Crippen molar-refractivity contribution in [2.75, 3.05) is 0 Å². The number of phenolic OH excluding ortho intramolecular Hbond substituents is 1. The molecule has 0 bridgehead atoms. The summed E-state index contributed by atoms with van der Waals surface area (Å²) in [6.45, 7) is 1.91. The topological polar surface area (TPSA) is 46.2 Å². The smallest absolute Gasteiger partial charge is 0.118 e. The molecule has 14 heavy (non-hydrogen) atoms. The molecule has 1 saturated carbocycles. The lowest BCUT2D eigenvalue weighted by Crippen LogP contribution is -2.10. The van der Waals surface area contributed by atoms with E-state index in [2.05, 4.69) is 0 Å². The van der Waals surface area contributed by atoms with Crippen LogP contribution in [-0.4, -0.2) is 5.11 Å².